The molecule has 43 heavy (non-hydrogen) atoms. The molecule has 2 aromatic carbocycles. The van der Waals surface area contributed by atoms with Gasteiger partial charge < -0.3 is 14.2 Å². The van der Waals surface area contributed by atoms with Crippen molar-refractivity contribution in [2.24, 2.45) is 11.8 Å². The van der Waals surface area contributed by atoms with Crippen LogP contribution in [0, 0.1) is 11.8 Å². The fourth-order valence-corrected chi connectivity index (χ4v) is 6.79. The molecule has 0 spiro atoms. The Labute approximate surface area is 254 Å². The molecule has 2 atom stereocenters. The number of morpholine rings is 1. The van der Waals surface area contributed by atoms with E-state index < -0.39 is 5.76 Å². The van der Waals surface area contributed by atoms with Gasteiger partial charge in [0, 0.05) is 23.7 Å². The van der Waals surface area contributed by atoms with Crippen LogP contribution in [0.1, 0.15) is 51.1 Å². The fraction of sp³-hybridized carbons (Fsp3) is 0.406. The van der Waals surface area contributed by atoms with E-state index in [4.69, 9.17) is 35.8 Å². The second kappa shape index (κ2) is 11.6. The molecule has 7 rings (SSSR count). The zero-order chi connectivity index (χ0) is 29.5. The number of anilines is 1. The van der Waals surface area contributed by atoms with E-state index in [9.17, 15) is 4.79 Å². The number of nitrogens with zero attached hydrogens (tertiary/aromatic N) is 6. The molecule has 2 aliphatic rings. The molecule has 1 saturated carbocycles. The Morgan fingerprint density at radius 2 is 1.81 bits per heavy atom. The lowest BCUT2D eigenvalue weighted by molar-refractivity contribution is 0.0221. The number of H-pyrrole nitrogens is 1. The number of hydrogen-bond acceptors (Lipinski definition) is 8. The van der Waals surface area contributed by atoms with Crippen LogP contribution >= 0.6 is 11.6 Å². The van der Waals surface area contributed by atoms with Crippen molar-refractivity contribution in [3.63, 3.8) is 0 Å². The third-order valence-electron chi connectivity index (χ3n) is 8.80. The van der Waals surface area contributed by atoms with Crippen molar-refractivity contribution in [1.29, 1.82) is 0 Å². The van der Waals surface area contributed by atoms with Gasteiger partial charge in [-0.05, 0) is 49.3 Å². The highest BCUT2D eigenvalue weighted by Crippen LogP contribution is 2.40. The van der Waals surface area contributed by atoms with Crippen LogP contribution in [-0.2, 0) is 11.3 Å². The Morgan fingerprint density at radius 1 is 1.00 bits per heavy atom. The summed E-state index contributed by atoms with van der Waals surface area (Å²) in [6.07, 6.45) is 4.71. The maximum atomic E-state index is 11.8. The number of benzene rings is 2. The molecule has 222 valence electrons. The number of fused-ring (bicyclic) bond motifs is 1. The first-order valence-corrected chi connectivity index (χ1v) is 15.4. The maximum absolute atomic E-state index is 11.8. The summed E-state index contributed by atoms with van der Waals surface area (Å²) in [4.78, 5) is 31.8. The monoisotopic (exact) mass is 599 g/mol. The molecular formula is C32H34ClN7O3. The average molecular weight is 600 g/mol. The summed E-state index contributed by atoms with van der Waals surface area (Å²) in [5.74, 6) is 1.78. The molecule has 5 aromatic rings. The molecule has 0 bridgehead atoms. The van der Waals surface area contributed by atoms with Crippen LogP contribution in [0.4, 0.5) is 5.95 Å². The summed E-state index contributed by atoms with van der Waals surface area (Å²) in [7, 11) is 0. The summed E-state index contributed by atoms with van der Waals surface area (Å²) >= 11 is 6.48. The number of hydrogen-bond donors (Lipinski definition) is 1. The summed E-state index contributed by atoms with van der Waals surface area (Å²) in [6, 6.07) is 18.0. The van der Waals surface area contributed by atoms with Crippen molar-refractivity contribution >= 4 is 28.7 Å². The largest absolute Gasteiger partial charge is 0.439 e. The summed E-state index contributed by atoms with van der Waals surface area (Å²) in [5, 5.41) is 4.47. The van der Waals surface area contributed by atoms with Crippen LogP contribution < -0.4 is 10.7 Å². The highest BCUT2D eigenvalue weighted by atomic mass is 35.5. The Kier molecular flexibility index (Phi) is 7.48. The Hall–Kier alpha value is -4.02. The number of imidazole rings is 1. The summed E-state index contributed by atoms with van der Waals surface area (Å²) in [5.41, 5.74) is 4.02. The van der Waals surface area contributed by atoms with E-state index in [0.29, 0.717) is 35.4 Å². The quantitative estimate of drug-likeness (QED) is 0.242. The highest BCUT2D eigenvalue weighted by Gasteiger charge is 2.35. The van der Waals surface area contributed by atoms with Crippen molar-refractivity contribution in [3.05, 3.63) is 75.7 Å². The van der Waals surface area contributed by atoms with Crippen molar-refractivity contribution < 1.29 is 9.26 Å². The van der Waals surface area contributed by atoms with Crippen LogP contribution in [0.5, 0.6) is 0 Å². The van der Waals surface area contributed by atoms with E-state index >= 15 is 0 Å². The molecule has 0 radical (unpaired) electrons. The van der Waals surface area contributed by atoms with Crippen molar-refractivity contribution in [1.82, 2.24) is 29.7 Å². The lowest BCUT2D eigenvalue weighted by atomic mass is 9.83. The standard InChI is InChI=1S/C32H34ClN7O3/c1-19-11-13-21(14-12-19)18-40-27-25(23-9-6-10-24(33)17-23)34-29(30-37-32(41)43-38-30)35-28(27)36-31(40)39-15-16-42-20(2)26(39)22-7-4-3-5-8-22/h3-10,17,19-21,26H,11-16,18H2,1-2H3,(H,37,38,41)/t19-,20-,21-,26+/m1/s1. The zero-order valence-corrected chi connectivity index (χ0v) is 25.0. The number of halogens is 1. The minimum Gasteiger partial charge on any atom is -0.374 e. The van der Waals surface area contributed by atoms with E-state index in [2.05, 4.69) is 57.7 Å². The van der Waals surface area contributed by atoms with Gasteiger partial charge in [-0.3, -0.25) is 9.51 Å². The number of aromatic nitrogens is 6. The molecule has 1 aliphatic heterocycles. The molecule has 3 aromatic heterocycles. The lowest BCUT2D eigenvalue weighted by Gasteiger charge is -2.41. The summed E-state index contributed by atoms with van der Waals surface area (Å²) < 4.78 is 13.3. The topological polar surface area (TPSA) is 115 Å². The van der Waals surface area contributed by atoms with Gasteiger partial charge in [0.05, 0.1) is 18.8 Å². The molecule has 1 saturated heterocycles. The van der Waals surface area contributed by atoms with Gasteiger partial charge >= 0.3 is 5.76 Å². The molecule has 0 unspecified atom stereocenters. The molecule has 10 nitrogen and oxygen atoms in total. The Bertz CT molecular complexity index is 1790. The van der Waals surface area contributed by atoms with Crippen LogP contribution in [0.25, 0.3) is 34.1 Å². The number of rotatable bonds is 6. The zero-order valence-electron chi connectivity index (χ0n) is 24.2. The van der Waals surface area contributed by atoms with Crippen LogP contribution in [0.15, 0.2) is 63.9 Å². The lowest BCUT2D eigenvalue weighted by Crippen LogP contribution is -2.45. The molecule has 0 amide bonds. The molecular weight excluding hydrogens is 566 g/mol. The second-order valence-electron chi connectivity index (χ2n) is 11.8. The van der Waals surface area contributed by atoms with E-state index in [1.165, 1.54) is 18.4 Å². The second-order valence-corrected chi connectivity index (χ2v) is 12.2. The van der Waals surface area contributed by atoms with Gasteiger partial charge in [-0.1, -0.05) is 79.0 Å². The van der Waals surface area contributed by atoms with Gasteiger partial charge in [-0.25, -0.2) is 14.8 Å². The molecule has 11 heteroatoms. The molecule has 2 fully saturated rings. The van der Waals surface area contributed by atoms with Crippen LogP contribution in [0.2, 0.25) is 5.02 Å². The van der Waals surface area contributed by atoms with E-state index in [1.54, 1.807) is 0 Å². The van der Waals surface area contributed by atoms with Crippen molar-refractivity contribution in [2.75, 3.05) is 18.1 Å². The van der Waals surface area contributed by atoms with Crippen molar-refractivity contribution in [2.45, 2.75) is 58.2 Å². The molecule has 1 aliphatic carbocycles. The molecule has 1 N–H and O–H groups in total. The first-order chi connectivity index (χ1) is 20.9. The van der Waals surface area contributed by atoms with E-state index in [-0.39, 0.29) is 23.8 Å². The number of aromatic amines is 1. The first-order valence-electron chi connectivity index (χ1n) is 15.0. The van der Waals surface area contributed by atoms with Gasteiger partial charge in [0.1, 0.15) is 11.2 Å². The van der Waals surface area contributed by atoms with Gasteiger partial charge in [0.2, 0.25) is 17.6 Å². The maximum Gasteiger partial charge on any atom is 0.439 e. The molecule has 4 heterocycles. The van der Waals surface area contributed by atoms with Gasteiger partial charge in [-0.15, -0.1) is 0 Å². The highest BCUT2D eigenvalue weighted by molar-refractivity contribution is 6.30. The van der Waals surface area contributed by atoms with Crippen LogP contribution in [0.3, 0.4) is 0 Å². The smallest absolute Gasteiger partial charge is 0.374 e. The normalized spacial score (nSPS) is 22.7. The van der Waals surface area contributed by atoms with Gasteiger partial charge in [0.25, 0.3) is 0 Å². The fourth-order valence-electron chi connectivity index (χ4n) is 6.60. The third-order valence-corrected chi connectivity index (χ3v) is 9.04. The summed E-state index contributed by atoms with van der Waals surface area (Å²) in [6.45, 7) is 6.53. The van der Waals surface area contributed by atoms with E-state index in [0.717, 1.165) is 42.3 Å². The SMILES string of the molecule is C[C@H]1OCCN(c2nc3nc(-c4noc(=O)[nH]4)nc(-c4cccc(Cl)c4)c3n2C[C@H]2CC[C@H](C)CC2)[C@@H]1c1ccccc1. The number of ether oxygens (including phenoxy) is 1. The Morgan fingerprint density at radius 3 is 2.56 bits per heavy atom. The third kappa shape index (κ3) is 5.45. The Balaban J connectivity index is 1.46. The average Bonchev–Trinajstić information content (AvgIpc) is 3.61. The van der Waals surface area contributed by atoms with Gasteiger partial charge in [-0.2, -0.15) is 4.98 Å². The number of nitrogens with one attached hydrogen (secondary N) is 1. The predicted molar refractivity (Wildman–Crippen MR) is 165 cm³/mol. The minimum absolute atomic E-state index is 0.0363. The first kappa shape index (κ1) is 27.8. The van der Waals surface area contributed by atoms with Crippen LogP contribution in [-0.4, -0.2) is 48.9 Å². The van der Waals surface area contributed by atoms with Crippen molar-refractivity contribution in [3.8, 4) is 22.9 Å². The predicted octanol–water partition coefficient (Wildman–Crippen LogP) is 6.28. The van der Waals surface area contributed by atoms with Gasteiger partial charge in [0.15, 0.2) is 5.65 Å². The minimum atomic E-state index is -0.672. The van der Waals surface area contributed by atoms with E-state index in [1.807, 2.05) is 30.3 Å².